The number of pyridine rings is 1. The second-order valence-corrected chi connectivity index (χ2v) is 9.67. The highest BCUT2D eigenvalue weighted by Gasteiger charge is 2.34. The van der Waals surface area contributed by atoms with E-state index in [4.69, 9.17) is 4.74 Å². The van der Waals surface area contributed by atoms with Crippen molar-refractivity contribution in [1.82, 2.24) is 29.6 Å². The van der Waals surface area contributed by atoms with Crippen molar-refractivity contribution in [2.24, 2.45) is 0 Å². The van der Waals surface area contributed by atoms with Crippen molar-refractivity contribution in [3.63, 3.8) is 0 Å². The smallest absolute Gasteiger partial charge is 0.447 e. The summed E-state index contributed by atoms with van der Waals surface area (Å²) in [4.78, 5) is 26.4. The minimum atomic E-state index is -4.60. The highest BCUT2D eigenvalue weighted by molar-refractivity contribution is 8.00. The summed E-state index contributed by atoms with van der Waals surface area (Å²) in [6.45, 7) is 0.892. The average molecular weight is 567 g/mol. The molecule has 0 saturated carbocycles. The van der Waals surface area contributed by atoms with Gasteiger partial charge in [0.15, 0.2) is 11.5 Å². The number of imidazole rings is 1. The lowest BCUT2D eigenvalue weighted by atomic mass is 10.0. The van der Waals surface area contributed by atoms with E-state index in [0.717, 1.165) is 0 Å². The zero-order valence-electron chi connectivity index (χ0n) is 21.3. The summed E-state index contributed by atoms with van der Waals surface area (Å²) in [5, 5.41) is 8.23. The number of likely N-dealkylation sites (tertiary alicyclic amines) is 1. The lowest BCUT2D eigenvalue weighted by Crippen LogP contribution is -2.46. The maximum atomic E-state index is 14.6. The molecule has 0 radical (unpaired) electrons. The molecule has 15 heteroatoms. The molecule has 3 aromatic heterocycles. The Morgan fingerprint density at radius 3 is 2.82 bits per heavy atom. The van der Waals surface area contributed by atoms with Gasteiger partial charge in [-0.2, -0.15) is 13.2 Å². The molecule has 1 fully saturated rings. The van der Waals surface area contributed by atoms with Gasteiger partial charge in [-0.3, -0.25) is 9.20 Å². The molecule has 4 rings (SSSR count). The number of methoxy groups -OCH3 is 1. The van der Waals surface area contributed by atoms with Crippen molar-refractivity contribution < 1.29 is 27.1 Å². The molecular weight excluding hydrogens is 540 g/mol. The van der Waals surface area contributed by atoms with Crippen molar-refractivity contribution in [3.05, 3.63) is 35.9 Å². The summed E-state index contributed by atoms with van der Waals surface area (Å²) in [5.74, 6) is 5.48. The molecule has 2 atom stereocenters. The van der Waals surface area contributed by atoms with Gasteiger partial charge in [0.1, 0.15) is 16.9 Å². The van der Waals surface area contributed by atoms with Gasteiger partial charge in [0.2, 0.25) is 5.88 Å². The number of fused-ring (bicyclic) bond motifs is 1. The number of nitrogens with zero attached hydrogens (tertiary/aromatic N) is 5. The average Bonchev–Trinajstić information content (AvgIpc) is 3.24. The SMILES string of the molecule is CNC(=O)c1cnc(OC)c(NCC#Cc2nc3c(N[C@@H]4CCN(C)C[C@@H]4F)nccn3c2SC(F)(F)F)c1. The van der Waals surface area contributed by atoms with Crippen molar-refractivity contribution >= 4 is 34.8 Å². The van der Waals surface area contributed by atoms with Crippen LogP contribution in [0.1, 0.15) is 22.5 Å². The third-order valence-electron chi connectivity index (χ3n) is 5.89. The summed E-state index contributed by atoms with van der Waals surface area (Å²) >= 11 is -0.346. The van der Waals surface area contributed by atoms with Crippen LogP contribution in [0, 0.1) is 11.8 Å². The topological polar surface area (TPSA) is 109 Å². The molecule has 3 aromatic rings. The summed E-state index contributed by atoms with van der Waals surface area (Å²) < 4.78 is 61.3. The summed E-state index contributed by atoms with van der Waals surface area (Å²) in [6, 6.07) is 0.968. The van der Waals surface area contributed by atoms with Crippen LogP contribution in [-0.4, -0.2) is 88.7 Å². The number of anilines is 2. The summed E-state index contributed by atoms with van der Waals surface area (Å²) in [7, 11) is 4.71. The lowest BCUT2D eigenvalue weighted by molar-refractivity contribution is -0.0330. The molecule has 0 aliphatic carbocycles. The van der Waals surface area contributed by atoms with Crippen LogP contribution in [-0.2, 0) is 0 Å². The fourth-order valence-electron chi connectivity index (χ4n) is 4.02. The first-order valence-corrected chi connectivity index (χ1v) is 12.6. The van der Waals surface area contributed by atoms with Crippen LogP contribution in [0.2, 0.25) is 0 Å². The molecule has 4 heterocycles. The number of halogens is 4. The molecule has 0 unspecified atom stereocenters. The second kappa shape index (κ2) is 12.0. The van der Waals surface area contributed by atoms with E-state index in [1.807, 2.05) is 11.9 Å². The third-order valence-corrected chi connectivity index (χ3v) is 6.70. The second-order valence-electron chi connectivity index (χ2n) is 8.62. The number of carbonyl (C=O) groups is 1. The van der Waals surface area contributed by atoms with Gasteiger partial charge in [0, 0.05) is 50.5 Å². The van der Waals surface area contributed by atoms with E-state index >= 15 is 0 Å². The Labute approximate surface area is 225 Å². The molecule has 3 N–H and O–H groups in total. The number of rotatable bonds is 7. The van der Waals surface area contributed by atoms with E-state index in [1.54, 1.807) is 0 Å². The van der Waals surface area contributed by atoms with Crippen molar-refractivity contribution in [2.45, 2.75) is 29.2 Å². The maximum absolute atomic E-state index is 14.6. The van der Waals surface area contributed by atoms with E-state index in [1.165, 1.54) is 43.2 Å². The monoisotopic (exact) mass is 566 g/mol. The van der Waals surface area contributed by atoms with Crippen molar-refractivity contribution in [3.8, 4) is 17.7 Å². The predicted molar refractivity (Wildman–Crippen MR) is 139 cm³/mol. The Morgan fingerprint density at radius 1 is 1.33 bits per heavy atom. The summed E-state index contributed by atoms with van der Waals surface area (Å²) in [5.41, 5.74) is -3.94. The van der Waals surface area contributed by atoms with Crippen LogP contribution in [0.25, 0.3) is 5.65 Å². The van der Waals surface area contributed by atoms with Gasteiger partial charge >= 0.3 is 5.51 Å². The van der Waals surface area contributed by atoms with Crippen LogP contribution in [0.3, 0.4) is 0 Å². The number of aromatic nitrogens is 4. The normalized spacial score (nSPS) is 17.8. The van der Waals surface area contributed by atoms with Crippen LogP contribution < -0.4 is 20.7 Å². The van der Waals surface area contributed by atoms with Gasteiger partial charge in [0.25, 0.3) is 5.91 Å². The Kier molecular flexibility index (Phi) is 8.66. The number of hydrogen-bond acceptors (Lipinski definition) is 9. The fraction of sp³-hybridized carbons (Fsp3) is 0.417. The highest BCUT2D eigenvalue weighted by atomic mass is 32.2. The molecule has 1 saturated heterocycles. The third kappa shape index (κ3) is 6.82. The number of carbonyl (C=O) groups excluding carboxylic acids is 1. The Morgan fingerprint density at radius 2 is 2.13 bits per heavy atom. The first-order valence-electron chi connectivity index (χ1n) is 11.8. The lowest BCUT2D eigenvalue weighted by Gasteiger charge is -2.32. The minimum absolute atomic E-state index is 0.0122. The van der Waals surface area contributed by atoms with Gasteiger partial charge in [-0.05, 0) is 25.5 Å². The number of hydrogen-bond donors (Lipinski definition) is 3. The maximum Gasteiger partial charge on any atom is 0.447 e. The molecule has 1 amide bonds. The van der Waals surface area contributed by atoms with Crippen molar-refractivity contribution in [2.75, 3.05) is 51.5 Å². The number of thioether (sulfide) groups is 1. The molecule has 39 heavy (non-hydrogen) atoms. The molecular formula is C24H26F4N8O2S. The zero-order chi connectivity index (χ0) is 28.2. The van der Waals surface area contributed by atoms with Crippen molar-refractivity contribution in [1.29, 1.82) is 0 Å². The Bertz CT molecular complexity index is 1400. The molecule has 0 spiro atoms. The number of nitrogens with one attached hydrogen (secondary N) is 3. The first-order chi connectivity index (χ1) is 18.6. The van der Waals surface area contributed by atoms with Crippen LogP contribution in [0.5, 0.6) is 5.88 Å². The standard InChI is InChI=1S/C24H26F4N8O2S/c1-29-21(37)14-11-18(22(38-3)32-12-14)30-7-4-5-17-23(39-24(26,27)28)36-10-8-31-19(20(36)34-17)33-16-6-9-35(2)13-15(16)25/h8,10-12,15-16,30H,6-7,9,13H2,1-3H3,(H,29,37)(H,31,33)/t15-,16+/m0/s1. The summed E-state index contributed by atoms with van der Waals surface area (Å²) in [6.07, 6.45) is 3.36. The van der Waals surface area contributed by atoms with E-state index in [0.29, 0.717) is 18.7 Å². The number of piperidine rings is 1. The number of alkyl halides is 4. The quantitative estimate of drug-likeness (QED) is 0.226. The van der Waals surface area contributed by atoms with Crippen LogP contribution in [0.15, 0.2) is 29.7 Å². The van der Waals surface area contributed by atoms with E-state index in [-0.39, 0.29) is 64.4 Å². The molecule has 0 bridgehead atoms. The van der Waals surface area contributed by atoms with Gasteiger partial charge in [-0.15, -0.1) is 0 Å². The minimum Gasteiger partial charge on any atom is -0.480 e. The largest absolute Gasteiger partial charge is 0.480 e. The number of ether oxygens (including phenoxy) is 1. The van der Waals surface area contributed by atoms with E-state index < -0.39 is 17.7 Å². The van der Waals surface area contributed by atoms with E-state index in [2.05, 4.69) is 42.7 Å². The van der Waals surface area contributed by atoms with Gasteiger partial charge in [-0.25, -0.2) is 19.3 Å². The van der Waals surface area contributed by atoms with Gasteiger partial charge in [-0.1, -0.05) is 5.92 Å². The highest BCUT2D eigenvalue weighted by Crippen LogP contribution is 2.39. The Balaban J connectivity index is 1.61. The van der Waals surface area contributed by atoms with Crippen LogP contribution in [0.4, 0.5) is 29.1 Å². The zero-order valence-corrected chi connectivity index (χ0v) is 22.1. The molecule has 208 valence electrons. The molecule has 10 nitrogen and oxygen atoms in total. The fourth-order valence-corrected chi connectivity index (χ4v) is 4.68. The van der Waals surface area contributed by atoms with Crippen LogP contribution >= 0.6 is 11.8 Å². The molecule has 1 aliphatic heterocycles. The van der Waals surface area contributed by atoms with Gasteiger partial charge in [0.05, 0.1) is 30.9 Å². The Hall–Kier alpha value is -3.77. The predicted octanol–water partition coefficient (Wildman–Crippen LogP) is 3.02. The first kappa shape index (κ1) is 28.2. The molecule has 1 aliphatic rings. The van der Waals surface area contributed by atoms with E-state index in [9.17, 15) is 22.4 Å². The number of amides is 1. The van der Waals surface area contributed by atoms with Gasteiger partial charge < -0.3 is 25.6 Å². The molecule has 0 aromatic carbocycles.